The second-order valence-electron chi connectivity index (χ2n) is 3.54. The van der Waals surface area contributed by atoms with Crippen LogP contribution in [0.15, 0.2) is 30.3 Å². The predicted molar refractivity (Wildman–Crippen MR) is 59.7 cm³/mol. The molecule has 94 valence electrons. The molecule has 1 rings (SSSR count). The Labute approximate surface area is 99.0 Å². The van der Waals surface area contributed by atoms with E-state index >= 15 is 0 Å². The zero-order chi connectivity index (χ0) is 12.7. The minimum absolute atomic E-state index is 0.161. The molecule has 0 bridgehead atoms. The van der Waals surface area contributed by atoms with Gasteiger partial charge in [-0.1, -0.05) is 30.3 Å². The van der Waals surface area contributed by atoms with Gasteiger partial charge in [0.2, 0.25) is 0 Å². The van der Waals surface area contributed by atoms with Crippen LogP contribution in [0.2, 0.25) is 0 Å². The van der Waals surface area contributed by atoms with Crippen molar-refractivity contribution in [2.75, 3.05) is 20.3 Å². The van der Waals surface area contributed by atoms with Crippen LogP contribution in [0.5, 0.6) is 0 Å². The Balaban J connectivity index is 2.66. The molecule has 0 aliphatic carbocycles. The fourth-order valence-corrected chi connectivity index (χ4v) is 1.41. The molecule has 0 heterocycles. The van der Waals surface area contributed by atoms with Crippen molar-refractivity contribution in [2.45, 2.75) is 13.0 Å². The van der Waals surface area contributed by atoms with E-state index in [-0.39, 0.29) is 19.7 Å². The molecule has 3 nitrogen and oxygen atoms in total. The van der Waals surface area contributed by atoms with Crippen molar-refractivity contribution in [3.63, 3.8) is 0 Å². The lowest BCUT2D eigenvalue weighted by Gasteiger charge is -2.22. The molecule has 1 aromatic rings. The van der Waals surface area contributed by atoms with Crippen LogP contribution in [0.25, 0.3) is 0 Å². The van der Waals surface area contributed by atoms with Crippen molar-refractivity contribution in [1.29, 1.82) is 0 Å². The summed E-state index contributed by atoms with van der Waals surface area (Å²) in [6.45, 7) is 0.577. The van der Waals surface area contributed by atoms with Gasteiger partial charge in [0.1, 0.15) is 0 Å². The number of carbonyl (C=O) groups is 1. The summed E-state index contributed by atoms with van der Waals surface area (Å²) in [5.41, 5.74) is 0.817. The highest BCUT2D eigenvalue weighted by Crippen LogP contribution is 2.08. The molecule has 0 aliphatic heterocycles. The fourth-order valence-electron chi connectivity index (χ4n) is 1.41. The van der Waals surface area contributed by atoms with Gasteiger partial charge in [-0.2, -0.15) is 8.78 Å². The van der Waals surface area contributed by atoms with E-state index in [4.69, 9.17) is 4.74 Å². The van der Waals surface area contributed by atoms with E-state index in [1.807, 2.05) is 6.07 Å². The summed E-state index contributed by atoms with van der Waals surface area (Å²) in [4.78, 5) is 12.4. The van der Waals surface area contributed by atoms with Crippen LogP contribution < -0.4 is 0 Å². The molecule has 0 radical (unpaired) electrons. The van der Waals surface area contributed by atoms with Crippen LogP contribution in [0.4, 0.5) is 8.78 Å². The predicted octanol–water partition coefficient (Wildman–Crippen LogP) is 1.93. The molecule has 0 N–H and O–H groups in total. The zero-order valence-corrected chi connectivity index (χ0v) is 9.61. The van der Waals surface area contributed by atoms with E-state index in [1.54, 1.807) is 24.3 Å². The molecule has 0 saturated carbocycles. The Morgan fingerprint density at radius 2 is 2.00 bits per heavy atom. The van der Waals surface area contributed by atoms with Crippen LogP contribution in [-0.2, 0) is 16.1 Å². The molecular weight excluding hydrogens is 228 g/mol. The number of alkyl halides is 2. The standard InChI is InChI=1S/C12H15F2NO2/c1-17-8-7-15(12(16)11(13)14)9-10-5-3-2-4-6-10/h2-6,11H,7-9H2,1H3. The van der Waals surface area contributed by atoms with E-state index in [0.29, 0.717) is 0 Å². The smallest absolute Gasteiger partial charge is 0.315 e. The Kier molecular flexibility index (Phi) is 5.56. The Morgan fingerprint density at radius 1 is 1.35 bits per heavy atom. The quantitative estimate of drug-likeness (QED) is 0.764. The monoisotopic (exact) mass is 243 g/mol. The van der Waals surface area contributed by atoms with Crippen molar-refractivity contribution < 1.29 is 18.3 Å². The number of hydrogen-bond donors (Lipinski definition) is 0. The molecule has 0 aromatic heterocycles. The van der Waals surface area contributed by atoms with Crippen LogP contribution in [0.1, 0.15) is 5.56 Å². The lowest BCUT2D eigenvalue weighted by molar-refractivity contribution is -0.144. The van der Waals surface area contributed by atoms with Gasteiger partial charge >= 0.3 is 6.43 Å². The summed E-state index contributed by atoms with van der Waals surface area (Å²) in [5.74, 6) is -1.16. The van der Waals surface area contributed by atoms with E-state index in [0.717, 1.165) is 10.5 Å². The zero-order valence-electron chi connectivity index (χ0n) is 9.61. The molecule has 0 atom stereocenters. The average Bonchev–Trinajstić information content (AvgIpc) is 2.34. The number of amides is 1. The summed E-state index contributed by atoms with van der Waals surface area (Å²) in [6.07, 6.45) is -2.98. The Bertz CT molecular complexity index is 344. The van der Waals surface area contributed by atoms with Crippen LogP contribution in [0.3, 0.4) is 0 Å². The molecule has 0 saturated heterocycles. The first-order chi connectivity index (χ1) is 8.15. The average molecular weight is 243 g/mol. The highest BCUT2D eigenvalue weighted by molar-refractivity contribution is 5.79. The van der Waals surface area contributed by atoms with E-state index in [2.05, 4.69) is 0 Å². The van der Waals surface area contributed by atoms with Gasteiger partial charge in [0, 0.05) is 20.2 Å². The molecule has 0 aliphatic rings. The van der Waals surface area contributed by atoms with Crippen LogP contribution in [0, 0.1) is 0 Å². The number of methoxy groups -OCH3 is 1. The van der Waals surface area contributed by atoms with Crippen LogP contribution >= 0.6 is 0 Å². The number of ether oxygens (including phenoxy) is 1. The van der Waals surface area contributed by atoms with Gasteiger partial charge in [0.25, 0.3) is 5.91 Å². The number of rotatable bonds is 6. The third-order valence-corrected chi connectivity index (χ3v) is 2.28. The van der Waals surface area contributed by atoms with Crippen molar-refractivity contribution in [3.8, 4) is 0 Å². The maximum absolute atomic E-state index is 12.4. The maximum atomic E-state index is 12.4. The summed E-state index contributed by atoms with van der Waals surface area (Å²) >= 11 is 0. The fraction of sp³-hybridized carbons (Fsp3) is 0.417. The summed E-state index contributed by atoms with van der Waals surface area (Å²) < 4.78 is 29.6. The molecule has 1 aromatic carbocycles. The molecule has 17 heavy (non-hydrogen) atoms. The molecule has 0 unspecified atom stereocenters. The lowest BCUT2D eigenvalue weighted by atomic mass is 10.2. The van der Waals surface area contributed by atoms with Crippen molar-refractivity contribution in [3.05, 3.63) is 35.9 Å². The minimum Gasteiger partial charge on any atom is -0.383 e. The SMILES string of the molecule is COCCN(Cc1ccccc1)C(=O)C(F)F. The van der Waals surface area contributed by atoms with Gasteiger partial charge in [-0.3, -0.25) is 4.79 Å². The summed E-state index contributed by atoms with van der Waals surface area (Å²) in [6, 6.07) is 9.02. The summed E-state index contributed by atoms with van der Waals surface area (Å²) in [7, 11) is 1.47. The van der Waals surface area contributed by atoms with Crippen molar-refractivity contribution in [1.82, 2.24) is 4.90 Å². The van der Waals surface area contributed by atoms with E-state index in [1.165, 1.54) is 7.11 Å². The Hall–Kier alpha value is -1.49. The van der Waals surface area contributed by atoms with E-state index < -0.39 is 12.3 Å². The highest BCUT2D eigenvalue weighted by atomic mass is 19.3. The normalized spacial score (nSPS) is 10.6. The first-order valence-corrected chi connectivity index (χ1v) is 5.25. The highest BCUT2D eigenvalue weighted by Gasteiger charge is 2.22. The molecular formula is C12H15F2NO2. The number of nitrogens with zero attached hydrogens (tertiary/aromatic N) is 1. The maximum Gasteiger partial charge on any atom is 0.315 e. The largest absolute Gasteiger partial charge is 0.383 e. The van der Waals surface area contributed by atoms with E-state index in [9.17, 15) is 13.6 Å². The molecule has 0 fully saturated rings. The van der Waals surface area contributed by atoms with Crippen molar-refractivity contribution >= 4 is 5.91 Å². The van der Waals surface area contributed by atoms with Crippen LogP contribution in [-0.4, -0.2) is 37.5 Å². The van der Waals surface area contributed by atoms with Gasteiger partial charge < -0.3 is 9.64 Å². The number of carbonyl (C=O) groups excluding carboxylic acids is 1. The third-order valence-electron chi connectivity index (χ3n) is 2.28. The summed E-state index contributed by atoms with van der Waals surface area (Å²) in [5, 5.41) is 0. The van der Waals surface area contributed by atoms with Gasteiger partial charge in [-0.25, -0.2) is 0 Å². The molecule has 5 heteroatoms. The second-order valence-corrected chi connectivity index (χ2v) is 3.54. The first kappa shape index (κ1) is 13.6. The minimum atomic E-state index is -2.98. The lowest BCUT2D eigenvalue weighted by Crippen LogP contribution is -2.37. The first-order valence-electron chi connectivity index (χ1n) is 5.25. The van der Waals surface area contributed by atoms with Gasteiger partial charge in [-0.05, 0) is 5.56 Å². The van der Waals surface area contributed by atoms with Gasteiger partial charge in [0.05, 0.1) is 6.61 Å². The number of hydrogen-bond acceptors (Lipinski definition) is 2. The number of benzene rings is 1. The third kappa shape index (κ3) is 4.48. The molecule has 0 spiro atoms. The number of halogens is 2. The van der Waals surface area contributed by atoms with Gasteiger partial charge in [-0.15, -0.1) is 0 Å². The van der Waals surface area contributed by atoms with Gasteiger partial charge in [0.15, 0.2) is 0 Å². The molecule has 1 amide bonds. The second kappa shape index (κ2) is 6.96. The topological polar surface area (TPSA) is 29.5 Å². The Morgan fingerprint density at radius 3 is 2.53 bits per heavy atom. The van der Waals surface area contributed by atoms with Crippen molar-refractivity contribution in [2.24, 2.45) is 0 Å².